The highest BCUT2D eigenvalue weighted by atomic mass is 28.3. The van der Waals surface area contributed by atoms with Crippen molar-refractivity contribution in [3.8, 4) is 0 Å². The van der Waals surface area contributed by atoms with Gasteiger partial charge >= 0.3 is 0 Å². The van der Waals surface area contributed by atoms with Gasteiger partial charge in [-0.15, -0.1) is 0 Å². The number of hydrogen-bond acceptors (Lipinski definition) is 1. The van der Waals surface area contributed by atoms with E-state index in [9.17, 15) is 0 Å². The lowest BCUT2D eigenvalue weighted by Gasteiger charge is -2.25. The first-order valence-corrected chi connectivity index (χ1v) is 11.4. The minimum Gasteiger partial charge on any atom is -0.316 e. The summed E-state index contributed by atoms with van der Waals surface area (Å²) in [7, 11) is -0.985. The maximum Gasteiger partial charge on any atom is 0.0446 e. The highest BCUT2D eigenvalue weighted by molar-refractivity contribution is 6.76. The predicted octanol–water partition coefficient (Wildman–Crippen LogP) is 4.49. The van der Waals surface area contributed by atoms with Crippen LogP contribution in [0.25, 0.3) is 0 Å². The van der Waals surface area contributed by atoms with Crippen molar-refractivity contribution in [2.75, 3.05) is 13.1 Å². The van der Waals surface area contributed by atoms with Gasteiger partial charge in [-0.1, -0.05) is 62.4 Å². The summed E-state index contributed by atoms with van der Waals surface area (Å²) in [5, 5.41) is 3.61. The van der Waals surface area contributed by atoms with Gasteiger partial charge in [-0.3, -0.25) is 0 Å². The molecule has 1 atom stereocenters. The standard InChI is InChI=1S/C17H31NSi/c1-6-11-18-13-17(14-19(3,4)5)12-16-9-7-15(2)8-10-16/h7-10,17-18H,6,11-14H2,1-5H3. The molecule has 0 radical (unpaired) electrons. The first-order valence-electron chi connectivity index (χ1n) is 7.67. The Morgan fingerprint density at radius 2 is 1.74 bits per heavy atom. The van der Waals surface area contributed by atoms with Crippen molar-refractivity contribution in [1.82, 2.24) is 5.32 Å². The normalized spacial score (nSPS) is 13.5. The van der Waals surface area contributed by atoms with Crippen molar-refractivity contribution in [3.63, 3.8) is 0 Å². The highest BCUT2D eigenvalue weighted by Crippen LogP contribution is 2.20. The summed E-state index contributed by atoms with van der Waals surface area (Å²) < 4.78 is 0. The summed E-state index contributed by atoms with van der Waals surface area (Å²) in [4.78, 5) is 0. The van der Waals surface area contributed by atoms with Crippen molar-refractivity contribution < 1.29 is 0 Å². The number of hydrogen-bond donors (Lipinski definition) is 1. The summed E-state index contributed by atoms with van der Waals surface area (Å²) in [6, 6.07) is 10.5. The average Bonchev–Trinajstić information content (AvgIpc) is 2.30. The van der Waals surface area contributed by atoms with Gasteiger partial charge in [-0.2, -0.15) is 0 Å². The van der Waals surface area contributed by atoms with Gasteiger partial charge in [0.15, 0.2) is 0 Å². The molecular formula is C17H31NSi. The Labute approximate surface area is 120 Å². The van der Waals surface area contributed by atoms with Crippen molar-refractivity contribution >= 4 is 8.07 Å². The summed E-state index contributed by atoms with van der Waals surface area (Å²) in [5.74, 6) is 0.793. The van der Waals surface area contributed by atoms with Gasteiger partial charge in [0.25, 0.3) is 0 Å². The first kappa shape index (κ1) is 16.5. The second kappa shape index (κ2) is 7.86. The Balaban J connectivity index is 2.59. The Morgan fingerprint density at radius 1 is 1.11 bits per heavy atom. The van der Waals surface area contributed by atoms with Gasteiger partial charge in [0.2, 0.25) is 0 Å². The lowest BCUT2D eigenvalue weighted by atomic mass is 10.00. The van der Waals surface area contributed by atoms with E-state index in [0.29, 0.717) is 0 Å². The third-order valence-corrected chi connectivity index (χ3v) is 5.21. The van der Waals surface area contributed by atoms with Crippen LogP contribution >= 0.6 is 0 Å². The first-order chi connectivity index (χ1) is 8.90. The molecule has 0 bridgehead atoms. The highest BCUT2D eigenvalue weighted by Gasteiger charge is 2.20. The molecule has 0 fully saturated rings. The average molecular weight is 278 g/mol. The van der Waals surface area contributed by atoms with Crippen LogP contribution in [0.1, 0.15) is 24.5 Å². The molecule has 1 nitrogen and oxygen atoms in total. The minimum atomic E-state index is -0.985. The van der Waals surface area contributed by atoms with Crippen LogP contribution in [-0.2, 0) is 6.42 Å². The van der Waals surface area contributed by atoms with E-state index in [4.69, 9.17) is 0 Å². The van der Waals surface area contributed by atoms with E-state index in [1.807, 2.05) is 0 Å². The smallest absolute Gasteiger partial charge is 0.0446 e. The fourth-order valence-corrected chi connectivity index (χ4v) is 4.64. The second-order valence-electron chi connectivity index (χ2n) is 7.02. The van der Waals surface area contributed by atoms with Crippen molar-refractivity contribution in [3.05, 3.63) is 35.4 Å². The Kier molecular flexibility index (Phi) is 6.80. The Bertz CT molecular complexity index is 351. The molecule has 0 aromatic heterocycles. The molecule has 1 aromatic rings. The second-order valence-corrected chi connectivity index (χ2v) is 12.6. The SMILES string of the molecule is CCCNCC(Cc1ccc(C)cc1)C[Si](C)(C)C. The van der Waals surface area contributed by atoms with E-state index in [1.165, 1.54) is 36.6 Å². The molecule has 1 rings (SSSR count). The largest absolute Gasteiger partial charge is 0.316 e. The molecule has 0 spiro atoms. The topological polar surface area (TPSA) is 12.0 Å². The van der Waals surface area contributed by atoms with Crippen LogP contribution in [0.4, 0.5) is 0 Å². The molecule has 108 valence electrons. The Morgan fingerprint density at radius 3 is 2.26 bits per heavy atom. The lowest BCUT2D eigenvalue weighted by Crippen LogP contribution is -2.32. The monoisotopic (exact) mass is 277 g/mol. The zero-order valence-electron chi connectivity index (χ0n) is 13.4. The van der Waals surface area contributed by atoms with Crippen LogP contribution in [0.2, 0.25) is 25.7 Å². The molecule has 1 N–H and O–H groups in total. The van der Waals surface area contributed by atoms with E-state index < -0.39 is 8.07 Å². The van der Waals surface area contributed by atoms with Crippen molar-refractivity contribution in [2.45, 2.75) is 52.4 Å². The van der Waals surface area contributed by atoms with Gasteiger partial charge in [0.05, 0.1) is 0 Å². The van der Waals surface area contributed by atoms with Crippen LogP contribution in [0.15, 0.2) is 24.3 Å². The van der Waals surface area contributed by atoms with E-state index in [0.717, 1.165) is 12.5 Å². The van der Waals surface area contributed by atoms with Crippen molar-refractivity contribution in [2.24, 2.45) is 5.92 Å². The molecule has 0 amide bonds. The molecule has 0 aliphatic rings. The fraction of sp³-hybridized carbons (Fsp3) is 0.647. The van der Waals surface area contributed by atoms with E-state index in [2.05, 4.69) is 63.1 Å². The Hall–Kier alpha value is -0.603. The predicted molar refractivity (Wildman–Crippen MR) is 89.7 cm³/mol. The number of nitrogens with one attached hydrogen (secondary N) is 1. The number of aryl methyl sites for hydroxylation is 1. The van der Waals surface area contributed by atoms with E-state index in [1.54, 1.807) is 0 Å². The minimum absolute atomic E-state index is 0.793. The van der Waals surface area contributed by atoms with Crippen LogP contribution in [0, 0.1) is 12.8 Å². The van der Waals surface area contributed by atoms with Crippen LogP contribution in [0.3, 0.4) is 0 Å². The van der Waals surface area contributed by atoms with Crippen molar-refractivity contribution in [1.29, 1.82) is 0 Å². The molecule has 2 heteroatoms. The maximum atomic E-state index is 3.61. The van der Waals surface area contributed by atoms with E-state index >= 15 is 0 Å². The third-order valence-electron chi connectivity index (χ3n) is 3.41. The summed E-state index contributed by atoms with van der Waals surface area (Å²) in [6.45, 7) is 14.2. The molecule has 1 unspecified atom stereocenters. The fourth-order valence-electron chi connectivity index (χ4n) is 2.62. The third kappa shape index (κ3) is 7.53. The van der Waals surface area contributed by atoms with Gasteiger partial charge in [0, 0.05) is 8.07 Å². The zero-order valence-corrected chi connectivity index (χ0v) is 14.4. The quantitative estimate of drug-likeness (QED) is 0.545. The van der Waals surface area contributed by atoms with Crippen LogP contribution in [0.5, 0.6) is 0 Å². The van der Waals surface area contributed by atoms with Gasteiger partial charge in [0.1, 0.15) is 0 Å². The summed E-state index contributed by atoms with van der Waals surface area (Å²) >= 11 is 0. The molecular weight excluding hydrogens is 246 g/mol. The summed E-state index contributed by atoms with van der Waals surface area (Å²) in [5.41, 5.74) is 2.85. The lowest BCUT2D eigenvalue weighted by molar-refractivity contribution is 0.505. The molecule has 1 aromatic carbocycles. The van der Waals surface area contributed by atoms with Gasteiger partial charge < -0.3 is 5.32 Å². The van der Waals surface area contributed by atoms with Gasteiger partial charge in [-0.05, 0) is 44.3 Å². The van der Waals surface area contributed by atoms with E-state index in [-0.39, 0.29) is 0 Å². The molecule has 19 heavy (non-hydrogen) atoms. The summed E-state index contributed by atoms with van der Waals surface area (Å²) in [6.07, 6.45) is 2.45. The zero-order chi connectivity index (χ0) is 14.3. The molecule has 0 aliphatic carbocycles. The molecule has 0 aliphatic heterocycles. The number of benzene rings is 1. The van der Waals surface area contributed by atoms with Gasteiger partial charge in [-0.25, -0.2) is 0 Å². The molecule has 0 saturated carbocycles. The molecule has 0 heterocycles. The van der Waals surface area contributed by atoms with Crippen LogP contribution in [-0.4, -0.2) is 21.2 Å². The number of rotatable bonds is 8. The molecule has 0 saturated heterocycles. The maximum absolute atomic E-state index is 3.61. The van der Waals surface area contributed by atoms with Crippen LogP contribution < -0.4 is 5.32 Å².